The number of aryl methyl sites for hydroxylation is 2. The van der Waals surface area contributed by atoms with Gasteiger partial charge < -0.3 is 15.5 Å². The number of nitrogens with one attached hydrogen (secondary N) is 2. The van der Waals surface area contributed by atoms with E-state index in [-0.39, 0.29) is 0 Å². The van der Waals surface area contributed by atoms with Gasteiger partial charge in [-0.05, 0) is 57.7 Å². The fourth-order valence-electron chi connectivity index (χ4n) is 3.52. The first-order valence-corrected chi connectivity index (χ1v) is 10.4. The lowest BCUT2D eigenvalue weighted by Crippen LogP contribution is -2.49. The molecule has 2 heterocycles. The van der Waals surface area contributed by atoms with Gasteiger partial charge in [0.15, 0.2) is 5.96 Å². The van der Waals surface area contributed by atoms with E-state index in [0.29, 0.717) is 6.04 Å². The number of rotatable bonds is 6. The second kappa shape index (κ2) is 10.1. The van der Waals surface area contributed by atoms with Crippen LogP contribution in [-0.4, -0.2) is 43.2 Å². The number of benzene rings is 1. The van der Waals surface area contributed by atoms with Gasteiger partial charge in [0.2, 0.25) is 0 Å². The van der Waals surface area contributed by atoms with Crippen molar-refractivity contribution in [2.24, 2.45) is 4.99 Å². The van der Waals surface area contributed by atoms with Crippen LogP contribution in [0.4, 0.5) is 5.82 Å². The second-order valence-electron chi connectivity index (χ2n) is 7.54. The fourth-order valence-corrected chi connectivity index (χ4v) is 3.52. The molecule has 1 aromatic carbocycles. The van der Waals surface area contributed by atoms with Gasteiger partial charge >= 0.3 is 0 Å². The Morgan fingerprint density at radius 2 is 1.86 bits per heavy atom. The van der Waals surface area contributed by atoms with Gasteiger partial charge in [0.05, 0.1) is 0 Å². The number of hydrogen-bond donors (Lipinski definition) is 2. The van der Waals surface area contributed by atoms with Crippen molar-refractivity contribution in [1.82, 2.24) is 15.6 Å². The van der Waals surface area contributed by atoms with E-state index in [1.807, 2.05) is 13.0 Å². The van der Waals surface area contributed by atoms with Crippen molar-refractivity contribution in [3.8, 4) is 0 Å². The highest BCUT2D eigenvalue weighted by Crippen LogP contribution is 2.18. The molecule has 1 aliphatic heterocycles. The summed E-state index contributed by atoms with van der Waals surface area (Å²) in [6.45, 7) is 10.0. The van der Waals surface area contributed by atoms with Crippen LogP contribution in [0, 0.1) is 13.8 Å². The highest BCUT2D eigenvalue weighted by Gasteiger charge is 2.20. The van der Waals surface area contributed by atoms with Crippen LogP contribution < -0.4 is 15.5 Å². The number of aromatic nitrogens is 1. The average molecular weight is 380 g/mol. The topological polar surface area (TPSA) is 52.6 Å². The number of aliphatic imine (C=N–C) groups is 1. The van der Waals surface area contributed by atoms with Gasteiger partial charge in [0, 0.05) is 37.9 Å². The van der Waals surface area contributed by atoms with Crippen molar-refractivity contribution in [3.63, 3.8) is 0 Å². The summed E-state index contributed by atoms with van der Waals surface area (Å²) in [6, 6.07) is 15.4. The monoisotopic (exact) mass is 379 g/mol. The van der Waals surface area contributed by atoms with Crippen LogP contribution >= 0.6 is 0 Å². The van der Waals surface area contributed by atoms with Crippen LogP contribution in [0.5, 0.6) is 0 Å². The summed E-state index contributed by atoms with van der Waals surface area (Å²) in [4.78, 5) is 11.8. The van der Waals surface area contributed by atoms with E-state index in [0.717, 1.165) is 62.9 Å². The van der Waals surface area contributed by atoms with Gasteiger partial charge in [-0.2, -0.15) is 0 Å². The summed E-state index contributed by atoms with van der Waals surface area (Å²) in [5.74, 6) is 2.03. The lowest BCUT2D eigenvalue weighted by Gasteiger charge is -2.34. The molecule has 0 aliphatic carbocycles. The maximum atomic E-state index is 4.78. The van der Waals surface area contributed by atoms with Crippen molar-refractivity contribution in [2.75, 3.05) is 31.1 Å². The number of pyridine rings is 1. The third kappa shape index (κ3) is 5.98. The molecule has 0 amide bonds. The molecular formula is C23H33N5. The molecule has 1 aromatic heterocycles. The van der Waals surface area contributed by atoms with Crippen molar-refractivity contribution in [3.05, 3.63) is 59.3 Å². The molecule has 0 unspecified atom stereocenters. The zero-order chi connectivity index (χ0) is 19.8. The van der Waals surface area contributed by atoms with E-state index < -0.39 is 0 Å². The zero-order valence-electron chi connectivity index (χ0n) is 17.4. The number of nitrogens with zero attached hydrogens (tertiary/aromatic N) is 3. The third-order valence-electron chi connectivity index (χ3n) is 5.17. The molecule has 2 N–H and O–H groups in total. The summed E-state index contributed by atoms with van der Waals surface area (Å²) in [5, 5.41) is 7.02. The Morgan fingerprint density at radius 1 is 1.11 bits per heavy atom. The second-order valence-corrected chi connectivity index (χ2v) is 7.54. The van der Waals surface area contributed by atoms with Crippen molar-refractivity contribution in [2.45, 2.75) is 46.1 Å². The molecule has 1 fully saturated rings. The smallest absolute Gasteiger partial charge is 0.191 e. The van der Waals surface area contributed by atoms with Crippen LogP contribution in [0.2, 0.25) is 0 Å². The largest absolute Gasteiger partial charge is 0.357 e. The average Bonchev–Trinajstić information content (AvgIpc) is 2.70. The van der Waals surface area contributed by atoms with Crippen molar-refractivity contribution in [1.29, 1.82) is 0 Å². The Morgan fingerprint density at radius 3 is 2.54 bits per heavy atom. The molecule has 1 saturated heterocycles. The minimum absolute atomic E-state index is 0.457. The van der Waals surface area contributed by atoms with Crippen LogP contribution in [0.1, 0.15) is 36.6 Å². The number of hydrogen-bond acceptors (Lipinski definition) is 3. The lowest BCUT2D eigenvalue weighted by atomic mass is 10.1. The SMILES string of the molecule is CCNC(=NCCc1ccc(C)cc1)NC1CCN(c2cccc(C)n2)CC1. The van der Waals surface area contributed by atoms with Gasteiger partial charge in [0.25, 0.3) is 0 Å². The molecule has 0 saturated carbocycles. The predicted molar refractivity (Wildman–Crippen MR) is 118 cm³/mol. The quantitative estimate of drug-likeness (QED) is 0.596. The molecule has 0 bridgehead atoms. The minimum Gasteiger partial charge on any atom is -0.357 e. The molecule has 0 atom stereocenters. The summed E-state index contributed by atoms with van der Waals surface area (Å²) in [5.41, 5.74) is 3.71. The van der Waals surface area contributed by atoms with E-state index in [9.17, 15) is 0 Å². The first-order chi connectivity index (χ1) is 13.6. The van der Waals surface area contributed by atoms with Gasteiger partial charge in [-0.1, -0.05) is 35.9 Å². The molecule has 0 spiro atoms. The van der Waals surface area contributed by atoms with Crippen LogP contribution in [-0.2, 0) is 6.42 Å². The normalized spacial score (nSPS) is 15.5. The third-order valence-corrected chi connectivity index (χ3v) is 5.17. The van der Waals surface area contributed by atoms with Crippen LogP contribution in [0.3, 0.4) is 0 Å². The van der Waals surface area contributed by atoms with Gasteiger partial charge in [-0.3, -0.25) is 4.99 Å². The number of piperidine rings is 1. The maximum Gasteiger partial charge on any atom is 0.191 e. The Labute approximate surface area is 169 Å². The molecule has 2 aromatic rings. The van der Waals surface area contributed by atoms with E-state index in [2.05, 4.69) is 70.8 Å². The fraction of sp³-hybridized carbons (Fsp3) is 0.478. The summed E-state index contributed by atoms with van der Waals surface area (Å²) < 4.78 is 0. The molecular weight excluding hydrogens is 346 g/mol. The molecule has 0 radical (unpaired) electrons. The summed E-state index contributed by atoms with van der Waals surface area (Å²) in [6.07, 6.45) is 3.16. The van der Waals surface area contributed by atoms with E-state index in [1.54, 1.807) is 0 Å². The number of anilines is 1. The molecule has 3 rings (SSSR count). The highest BCUT2D eigenvalue weighted by molar-refractivity contribution is 5.80. The standard InChI is InChI=1S/C23H33N5/c1-4-24-23(25-15-12-20-10-8-18(2)9-11-20)27-21-13-16-28(17-14-21)22-7-5-6-19(3)26-22/h5-11,21H,4,12-17H2,1-3H3,(H2,24,25,27). The Balaban J connectivity index is 1.49. The predicted octanol–water partition coefficient (Wildman–Crippen LogP) is 3.47. The summed E-state index contributed by atoms with van der Waals surface area (Å²) in [7, 11) is 0. The maximum absolute atomic E-state index is 4.78. The summed E-state index contributed by atoms with van der Waals surface area (Å²) >= 11 is 0. The highest BCUT2D eigenvalue weighted by atomic mass is 15.2. The molecule has 1 aliphatic rings. The molecule has 28 heavy (non-hydrogen) atoms. The Kier molecular flexibility index (Phi) is 7.29. The Bertz CT molecular complexity index is 761. The molecule has 150 valence electrons. The number of guanidine groups is 1. The Hall–Kier alpha value is -2.56. The molecule has 5 heteroatoms. The van der Waals surface area contributed by atoms with E-state index in [4.69, 9.17) is 4.99 Å². The van der Waals surface area contributed by atoms with E-state index in [1.165, 1.54) is 11.1 Å². The zero-order valence-corrected chi connectivity index (χ0v) is 17.4. The molecule has 5 nitrogen and oxygen atoms in total. The first-order valence-electron chi connectivity index (χ1n) is 10.4. The van der Waals surface area contributed by atoms with Crippen LogP contribution in [0.15, 0.2) is 47.5 Å². The van der Waals surface area contributed by atoms with E-state index >= 15 is 0 Å². The minimum atomic E-state index is 0.457. The van der Waals surface area contributed by atoms with Crippen molar-refractivity contribution < 1.29 is 0 Å². The van der Waals surface area contributed by atoms with Gasteiger partial charge in [-0.15, -0.1) is 0 Å². The van der Waals surface area contributed by atoms with Gasteiger partial charge in [-0.25, -0.2) is 4.98 Å². The van der Waals surface area contributed by atoms with Crippen molar-refractivity contribution >= 4 is 11.8 Å². The van der Waals surface area contributed by atoms with Gasteiger partial charge in [0.1, 0.15) is 5.82 Å². The first kappa shape index (κ1) is 20.2. The lowest BCUT2D eigenvalue weighted by molar-refractivity contribution is 0.459. The van der Waals surface area contributed by atoms with Crippen LogP contribution in [0.25, 0.3) is 0 Å².